The van der Waals surface area contributed by atoms with Gasteiger partial charge < -0.3 is 0 Å². The van der Waals surface area contributed by atoms with Crippen molar-refractivity contribution in [3.63, 3.8) is 0 Å². The Morgan fingerprint density at radius 1 is 0.733 bits per heavy atom. The van der Waals surface area contributed by atoms with Crippen molar-refractivity contribution in [3.05, 3.63) is 0 Å². The maximum atomic E-state index is 13.5. The van der Waals surface area contributed by atoms with Crippen LogP contribution in [0.15, 0.2) is 0 Å². The van der Waals surface area contributed by atoms with E-state index in [0.29, 0.717) is 6.92 Å². The molecule has 0 radical (unpaired) electrons. The topological polar surface area (TPSA) is 36.9 Å². The maximum absolute atomic E-state index is 13.5. The average molecular weight is 476 g/mol. The second-order valence-electron chi connectivity index (χ2n) is 6.88. The van der Waals surface area contributed by atoms with Gasteiger partial charge in [-0.25, -0.2) is 0 Å². The highest BCUT2D eigenvalue weighted by Gasteiger charge is 2.78. The fourth-order valence-corrected chi connectivity index (χ4v) is 2.80. The summed E-state index contributed by atoms with van der Waals surface area (Å²) in [5.41, 5.74) is -7.84. The molecule has 2 heterocycles. The van der Waals surface area contributed by atoms with Gasteiger partial charge in [-0.3, -0.25) is 0 Å². The van der Waals surface area contributed by atoms with E-state index in [0.717, 1.165) is 0 Å². The molecule has 30 heavy (non-hydrogen) atoms. The molecule has 2 aliphatic heterocycles. The SMILES string of the molecule is CCC1(C(F)(F)F)CC(C(F)(F)F)O[N+]2(OC(C(F)(F)F)C[C@](C)(C(F)(F)F)O2)O1. The first-order valence-electron chi connectivity index (χ1n) is 8.04. The van der Waals surface area contributed by atoms with Crippen molar-refractivity contribution in [2.24, 2.45) is 0 Å². The fraction of sp³-hybridized carbons (Fsp3) is 1.00. The lowest BCUT2D eigenvalue weighted by molar-refractivity contribution is -1.50. The van der Waals surface area contributed by atoms with Crippen LogP contribution in [0.3, 0.4) is 0 Å². The molecule has 0 amide bonds. The molecule has 5 atom stereocenters. The molecule has 5 nitrogen and oxygen atoms in total. The molecule has 1 spiro atoms. The highest BCUT2D eigenvalue weighted by Crippen LogP contribution is 2.54. The molecule has 2 aliphatic rings. The van der Waals surface area contributed by atoms with E-state index < -0.39 is 72.5 Å². The Morgan fingerprint density at radius 3 is 1.50 bits per heavy atom. The van der Waals surface area contributed by atoms with Crippen molar-refractivity contribution >= 4 is 0 Å². The molecule has 2 rings (SSSR count). The predicted molar refractivity (Wildman–Crippen MR) is 67.1 cm³/mol. The van der Waals surface area contributed by atoms with E-state index in [1.165, 1.54) is 0 Å². The predicted octanol–water partition coefficient (Wildman–Crippen LogP) is 5.23. The van der Waals surface area contributed by atoms with Gasteiger partial charge in [0.15, 0.2) is 0 Å². The summed E-state index contributed by atoms with van der Waals surface area (Å²) in [6.07, 6.45) is -35.1. The van der Waals surface area contributed by atoms with Crippen LogP contribution in [0.2, 0.25) is 0 Å². The number of hydrogen-bond acceptors (Lipinski definition) is 4. The van der Waals surface area contributed by atoms with Crippen LogP contribution in [0.1, 0.15) is 33.1 Å². The number of rotatable bonds is 1. The summed E-state index contributed by atoms with van der Waals surface area (Å²) in [5.74, 6) is 0. The summed E-state index contributed by atoms with van der Waals surface area (Å²) in [6.45, 7) is 0.649. The highest BCUT2D eigenvalue weighted by molar-refractivity contribution is 4.93. The summed E-state index contributed by atoms with van der Waals surface area (Å²) in [4.78, 5) is 16.3. The van der Waals surface area contributed by atoms with E-state index in [1.54, 1.807) is 0 Å². The Balaban J connectivity index is 2.66. The van der Waals surface area contributed by atoms with Crippen LogP contribution in [0.25, 0.3) is 0 Å². The molecule has 0 saturated carbocycles. The smallest absolute Gasteiger partial charge is 0.168 e. The van der Waals surface area contributed by atoms with E-state index in [1.807, 2.05) is 0 Å². The van der Waals surface area contributed by atoms with Crippen molar-refractivity contribution in [1.82, 2.24) is 0 Å². The average Bonchev–Trinajstić information content (AvgIpc) is 2.49. The van der Waals surface area contributed by atoms with Crippen LogP contribution in [0.5, 0.6) is 0 Å². The Bertz CT molecular complexity index is 642. The van der Waals surface area contributed by atoms with Crippen LogP contribution < -0.4 is 0 Å². The molecule has 2 fully saturated rings. The molecule has 0 aromatic heterocycles. The van der Waals surface area contributed by atoms with Gasteiger partial charge in [0.2, 0.25) is 28.5 Å². The van der Waals surface area contributed by atoms with Crippen LogP contribution in [0, 0.1) is 0 Å². The van der Waals surface area contributed by atoms with Crippen molar-refractivity contribution < 1.29 is 77.2 Å². The molecule has 17 heteroatoms. The van der Waals surface area contributed by atoms with Gasteiger partial charge in [0.25, 0.3) is 0 Å². The number of halogens is 12. The van der Waals surface area contributed by atoms with Crippen LogP contribution in [-0.2, 0) is 19.4 Å². The highest BCUT2D eigenvalue weighted by atomic mass is 19.4. The van der Waals surface area contributed by atoms with Gasteiger partial charge in [-0.05, 0) is 13.3 Å². The molecule has 4 unspecified atom stereocenters. The molecule has 0 bridgehead atoms. The minimum atomic E-state index is -5.68. The van der Waals surface area contributed by atoms with Crippen molar-refractivity contribution in [1.29, 1.82) is 0 Å². The third-order valence-electron chi connectivity index (χ3n) is 4.62. The van der Waals surface area contributed by atoms with Crippen LogP contribution in [-0.4, -0.2) is 53.3 Å². The summed E-state index contributed by atoms with van der Waals surface area (Å²) < 4.78 is 160. The summed E-state index contributed by atoms with van der Waals surface area (Å²) >= 11 is 0. The summed E-state index contributed by atoms with van der Waals surface area (Å²) in [5, 5.41) is -3.52. The summed E-state index contributed by atoms with van der Waals surface area (Å²) in [6, 6.07) is 0. The first-order chi connectivity index (χ1) is 13.1. The monoisotopic (exact) mass is 476 g/mol. The molecular formula is C13H14F12NO4+. The van der Waals surface area contributed by atoms with E-state index in [9.17, 15) is 52.7 Å². The Morgan fingerprint density at radius 2 is 1.17 bits per heavy atom. The molecule has 0 aromatic carbocycles. The maximum Gasteiger partial charge on any atom is 0.424 e. The number of hydrogen-bond donors (Lipinski definition) is 0. The zero-order chi connectivity index (χ0) is 23.6. The lowest BCUT2D eigenvalue weighted by atomic mass is 9.91. The number of nitrogens with zero attached hydrogens (tertiary/aromatic N) is 1. The Labute approximate surface area is 159 Å². The Kier molecular flexibility index (Phi) is 5.87. The lowest BCUT2D eigenvalue weighted by Crippen LogP contribution is -2.74. The summed E-state index contributed by atoms with van der Waals surface area (Å²) in [7, 11) is 0. The molecule has 178 valence electrons. The molecule has 0 aromatic rings. The van der Waals surface area contributed by atoms with E-state index in [2.05, 4.69) is 19.4 Å². The quantitative estimate of drug-likeness (QED) is 0.384. The number of quaternary nitrogens is 1. The minimum absolute atomic E-state index is 0.0145. The van der Waals surface area contributed by atoms with Gasteiger partial charge in [-0.2, -0.15) is 52.7 Å². The first kappa shape index (κ1) is 25.2. The molecular weight excluding hydrogens is 462 g/mol. The lowest BCUT2D eigenvalue weighted by Gasteiger charge is -2.49. The standard InChI is InChI=1S/C13H14F12NO4/c1-3-9(13(23,24)25)5-7(11(17,18)19)28-26(30-9)27-6(10(14,15)16)4-8(2,29-26)12(20,21)22/h6-7H,3-5H2,1-2H3/q+1/t6?,7?,8-,9?,26?/m1/s1. The molecule has 2 saturated heterocycles. The molecule has 0 aliphatic carbocycles. The second kappa shape index (κ2) is 6.98. The number of alkyl halides is 12. The largest absolute Gasteiger partial charge is 0.424 e. The molecule has 0 N–H and O–H groups in total. The van der Waals surface area contributed by atoms with Gasteiger partial charge in [0.1, 0.15) is 0 Å². The zero-order valence-corrected chi connectivity index (χ0v) is 14.9. The van der Waals surface area contributed by atoms with Crippen molar-refractivity contribution in [2.75, 3.05) is 0 Å². The third kappa shape index (κ3) is 4.44. The van der Waals surface area contributed by atoms with E-state index in [4.69, 9.17) is 0 Å². The fourth-order valence-electron chi connectivity index (χ4n) is 2.80. The van der Waals surface area contributed by atoms with Crippen molar-refractivity contribution in [3.8, 4) is 0 Å². The van der Waals surface area contributed by atoms with Crippen LogP contribution in [0.4, 0.5) is 52.7 Å². The van der Waals surface area contributed by atoms with Gasteiger partial charge >= 0.3 is 24.7 Å². The first-order valence-corrected chi connectivity index (χ1v) is 8.04. The normalized spacial score (nSPS) is 39.4. The Hall–Kier alpha value is -1.04. The minimum Gasteiger partial charge on any atom is -0.168 e. The van der Waals surface area contributed by atoms with Gasteiger partial charge in [-0.15, -0.1) is 0 Å². The van der Waals surface area contributed by atoms with Crippen LogP contribution >= 0.6 is 0 Å². The van der Waals surface area contributed by atoms with Crippen molar-refractivity contribution in [2.45, 2.75) is 81.2 Å². The van der Waals surface area contributed by atoms with E-state index in [-0.39, 0.29) is 6.92 Å². The zero-order valence-electron chi connectivity index (χ0n) is 14.9. The second-order valence-corrected chi connectivity index (χ2v) is 6.88. The van der Waals surface area contributed by atoms with Gasteiger partial charge in [0, 0.05) is 12.8 Å². The van der Waals surface area contributed by atoms with E-state index >= 15 is 0 Å². The van der Waals surface area contributed by atoms with Gasteiger partial charge in [-0.1, -0.05) is 26.3 Å². The van der Waals surface area contributed by atoms with Gasteiger partial charge in [0.05, 0.1) is 0 Å². The third-order valence-corrected chi connectivity index (χ3v) is 4.62.